The van der Waals surface area contributed by atoms with Crippen molar-refractivity contribution >= 4 is 0 Å². The minimum atomic E-state index is 0.464. The highest BCUT2D eigenvalue weighted by Crippen LogP contribution is 2.31. The van der Waals surface area contributed by atoms with Crippen LogP contribution in [0.3, 0.4) is 0 Å². The van der Waals surface area contributed by atoms with Crippen LogP contribution in [0.15, 0.2) is 12.3 Å². The van der Waals surface area contributed by atoms with Crippen molar-refractivity contribution in [1.82, 2.24) is 15.1 Å². The lowest BCUT2D eigenvalue weighted by molar-refractivity contribution is 0.288. The van der Waals surface area contributed by atoms with Gasteiger partial charge < -0.3 is 5.32 Å². The molecule has 0 bridgehead atoms. The number of nitrogens with one attached hydrogen (secondary N) is 1. The lowest BCUT2D eigenvalue weighted by atomic mass is 9.84. The first kappa shape index (κ1) is 16.5. The normalized spacial score (nSPS) is 23.7. The van der Waals surface area contributed by atoms with Gasteiger partial charge in [0.25, 0.3) is 0 Å². The number of rotatable bonds is 6. The molecule has 0 amide bonds. The highest BCUT2D eigenvalue weighted by Gasteiger charge is 2.24. The van der Waals surface area contributed by atoms with Crippen molar-refractivity contribution < 1.29 is 0 Å². The van der Waals surface area contributed by atoms with E-state index in [4.69, 9.17) is 5.10 Å². The molecule has 0 aliphatic heterocycles. The van der Waals surface area contributed by atoms with Crippen LogP contribution < -0.4 is 5.32 Å². The predicted molar refractivity (Wildman–Crippen MR) is 89.5 cm³/mol. The van der Waals surface area contributed by atoms with E-state index >= 15 is 0 Å². The van der Waals surface area contributed by atoms with Gasteiger partial charge in [-0.15, -0.1) is 0 Å². The molecule has 1 N–H and O–H groups in total. The molecule has 1 saturated carbocycles. The molecule has 21 heavy (non-hydrogen) atoms. The molecule has 1 aromatic heterocycles. The van der Waals surface area contributed by atoms with E-state index < -0.39 is 0 Å². The summed E-state index contributed by atoms with van der Waals surface area (Å²) in [6.07, 6.45) is 10.3. The number of hydrogen-bond acceptors (Lipinski definition) is 2. The molecule has 1 heterocycles. The summed E-state index contributed by atoms with van der Waals surface area (Å²) in [5.41, 5.74) is 1.28. The van der Waals surface area contributed by atoms with E-state index in [1.54, 1.807) is 0 Å². The number of aromatic nitrogens is 2. The van der Waals surface area contributed by atoms with E-state index in [0.717, 1.165) is 18.3 Å². The Labute approximate surface area is 130 Å². The molecule has 1 aromatic rings. The second kappa shape index (κ2) is 7.98. The van der Waals surface area contributed by atoms with E-state index in [9.17, 15) is 0 Å². The predicted octanol–water partition coefficient (Wildman–Crippen LogP) is 4.20. The van der Waals surface area contributed by atoms with Crippen LogP contribution in [0.25, 0.3) is 0 Å². The summed E-state index contributed by atoms with van der Waals surface area (Å²) < 4.78 is 2.09. The summed E-state index contributed by atoms with van der Waals surface area (Å²) >= 11 is 0. The molecular weight excluding hydrogens is 258 g/mol. The van der Waals surface area contributed by atoms with Crippen molar-refractivity contribution in [2.45, 2.75) is 78.3 Å². The van der Waals surface area contributed by atoms with Crippen LogP contribution in [-0.2, 0) is 6.42 Å². The fourth-order valence-corrected chi connectivity index (χ4v) is 3.43. The molecule has 0 spiro atoms. The van der Waals surface area contributed by atoms with Gasteiger partial charge in [0, 0.05) is 18.3 Å². The third-order valence-corrected chi connectivity index (χ3v) is 4.77. The molecule has 2 rings (SSSR count). The average molecular weight is 291 g/mol. The minimum absolute atomic E-state index is 0.464. The summed E-state index contributed by atoms with van der Waals surface area (Å²) in [5.74, 6) is 1.62. The summed E-state index contributed by atoms with van der Waals surface area (Å²) in [5, 5.41) is 8.42. The largest absolute Gasteiger partial charge is 0.314 e. The van der Waals surface area contributed by atoms with Gasteiger partial charge in [-0.25, -0.2) is 0 Å². The van der Waals surface area contributed by atoms with Crippen molar-refractivity contribution in [2.75, 3.05) is 6.54 Å². The third-order valence-electron chi connectivity index (χ3n) is 4.77. The zero-order chi connectivity index (χ0) is 15.2. The van der Waals surface area contributed by atoms with Crippen LogP contribution in [0.2, 0.25) is 0 Å². The van der Waals surface area contributed by atoms with Gasteiger partial charge in [-0.2, -0.15) is 5.10 Å². The average Bonchev–Trinajstić information content (AvgIpc) is 2.78. The lowest BCUT2D eigenvalue weighted by Crippen LogP contribution is -2.33. The summed E-state index contributed by atoms with van der Waals surface area (Å²) in [7, 11) is 0. The molecule has 2 atom stereocenters. The Bertz CT molecular complexity index is 408. The summed E-state index contributed by atoms with van der Waals surface area (Å²) in [4.78, 5) is 0. The molecule has 120 valence electrons. The van der Waals surface area contributed by atoms with Crippen LogP contribution in [0, 0.1) is 11.8 Å². The Morgan fingerprint density at radius 1 is 1.14 bits per heavy atom. The van der Waals surface area contributed by atoms with Gasteiger partial charge in [0.1, 0.15) is 0 Å². The SMILES string of the molecule is CC(C)NCC1CCCCCC1Cc1ccn(C(C)C)n1. The third kappa shape index (κ3) is 5.14. The van der Waals surface area contributed by atoms with Crippen LogP contribution in [-0.4, -0.2) is 22.4 Å². The Morgan fingerprint density at radius 2 is 1.86 bits per heavy atom. The van der Waals surface area contributed by atoms with Crippen molar-refractivity contribution in [3.8, 4) is 0 Å². The van der Waals surface area contributed by atoms with E-state index in [1.165, 1.54) is 44.3 Å². The molecule has 0 radical (unpaired) electrons. The van der Waals surface area contributed by atoms with Crippen molar-refractivity contribution in [3.05, 3.63) is 18.0 Å². The fourth-order valence-electron chi connectivity index (χ4n) is 3.43. The second-order valence-electron chi connectivity index (χ2n) is 7.31. The first-order valence-corrected chi connectivity index (χ1v) is 8.83. The Hall–Kier alpha value is -0.830. The molecule has 0 aromatic carbocycles. The smallest absolute Gasteiger partial charge is 0.0627 e. The maximum atomic E-state index is 4.76. The van der Waals surface area contributed by atoms with Gasteiger partial charge in [-0.1, -0.05) is 33.1 Å². The highest BCUT2D eigenvalue weighted by atomic mass is 15.3. The van der Waals surface area contributed by atoms with E-state index in [-0.39, 0.29) is 0 Å². The maximum Gasteiger partial charge on any atom is 0.0627 e. The fraction of sp³-hybridized carbons (Fsp3) is 0.833. The van der Waals surface area contributed by atoms with E-state index in [1.807, 2.05) is 0 Å². The molecule has 1 fully saturated rings. The van der Waals surface area contributed by atoms with Crippen molar-refractivity contribution in [2.24, 2.45) is 11.8 Å². The number of hydrogen-bond donors (Lipinski definition) is 1. The number of nitrogens with zero attached hydrogens (tertiary/aromatic N) is 2. The Morgan fingerprint density at radius 3 is 2.48 bits per heavy atom. The quantitative estimate of drug-likeness (QED) is 0.796. The van der Waals surface area contributed by atoms with Crippen LogP contribution in [0.5, 0.6) is 0 Å². The van der Waals surface area contributed by atoms with Gasteiger partial charge >= 0.3 is 0 Å². The van der Waals surface area contributed by atoms with Gasteiger partial charge in [-0.05, 0) is 57.6 Å². The maximum absolute atomic E-state index is 4.76. The van der Waals surface area contributed by atoms with Gasteiger partial charge in [-0.3, -0.25) is 4.68 Å². The lowest BCUT2D eigenvalue weighted by Gasteiger charge is -2.26. The molecule has 0 saturated heterocycles. The first-order chi connectivity index (χ1) is 10.1. The van der Waals surface area contributed by atoms with E-state index in [2.05, 4.69) is 50.0 Å². The van der Waals surface area contributed by atoms with Crippen LogP contribution in [0.4, 0.5) is 0 Å². The monoisotopic (exact) mass is 291 g/mol. The molecule has 1 aliphatic rings. The second-order valence-corrected chi connectivity index (χ2v) is 7.31. The minimum Gasteiger partial charge on any atom is -0.314 e. The Kier molecular flexibility index (Phi) is 6.28. The molecule has 1 aliphatic carbocycles. The Balaban J connectivity index is 1.98. The zero-order valence-electron chi connectivity index (χ0n) is 14.3. The standard InChI is InChI=1S/C18H33N3/c1-14(2)19-13-17-9-7-5-6-8-16(17)12-18-10-11-21(20-18)15(3)4/h10-11,14-17,19H,5-9,12-13H2,1-4H3. The van der Waals surface area contributed by atoms with Gasteiger partial charge in [0.05, 0.1) is 5.69 Å². The van der Waals surface area contributed by atoms with Crippen LogP contribution in [0.1, 0.15) is 71.5 Å². The molecule has 2 unspecified atom stereocenters. The molecule has 3 nitrogen and oxygen atoms in total. The molecular formula is C18H33N3. The summed E-state index contributed by atoms with van der Waals surface area (Å²) in [6, 6.07) is 3.28. The summed E-state index contributed by atoms with van der Waals surface area (Å²) in [6.45, 7) is 10.1. The highest BCUT2D eigenvalue weighted by molar-refractivity contribution is 5.02. The van der Waals surface area contributed by atoms with Gasteiger partial charge in [0.2, 0.25) is 0 Å². The molecule has 3 heteroatoms. The topological polar surface area (TPSA) is 29.9 Å². The van der Waals surface area contributed by atoms with E-state index in [0.29, 0.717) is 12.1 Å². The van der Waals surface area contributed by atoms with Crippen molar-refractivity contribution in [3.63, 3.8) is 0 Å². The zero-order valence-corrected chi connectivity index (χ0v) is 14.3. The van der Waals surface area contributed by atoms with Crippen LogP contribution >= 0.6 is 0 Å². The van der Waals surface area contributed by atoms with Gasteiger partial charge in [0.15, 0.2) is 0 Å². The first-order valence-electron chi connectivity index (χ1n) is 8.83. The van der Waals surface area contributed by atoms with Crippen molar-refractivity contribution in [1.29, 1.82) is 0 Å².